The summed E-state index contributed by atoms with van der Waals surface area (Å²) in [5.74, 6) is 1.41. The molecular formula is C23H31N7O6S. The summed E-state index contributed by atoms with van der Waals surface area (Å²) in [7, 11) is -1.02. The molecule has 1 aliphatic heterocycles. The molecule has 4 rings (SSSR count). The number of sulfonamides is 1. The summed E-state index contributed by atoms with van der Waals surface area (Å²) in [6.07, 6.45) is 2.06. The van der Waals surface area contributed by atoms with Crippen LogP contribution in [0.15, 0.2) is 24.5 Å². The Morgan fingerprint density at radius 1 is 1.16 bits per heavy atom. The Kier molecular flexibility index (Phi) is 7.90. The molecule has 0 amide bonds. The fraction of sp³-hybridized carbons (Fsp3) is 0.522. The molecule has 0 fully saturated rings. The quantitative estimate of drug-likeness (QED) is 0.408. The van der Waals surface area contributed by atoms with Gasteiger partial charge in [0, 0.05) is 25.6 Å². The van der Waals surface area contributed by atoms with Crippen molar-refractivity contribution in [1.82, 2.24) is 29.7 Å². The third-order valence-electron chi connectivity index (χ3n) is 5.73. The predicted molar refractivity (Wildman–Crippen MR) is 134 cm³/mol. The van der Waals surface area contributed by atoms with Crippen molar-refractivity contribution in [3.63, 3.8) is 0 Å². The number of rotatable bonds is 10. The monoisotopic (exact) mass is 533 g/mol. The number of nitrogens with one attached hydrogen (secondary N) is 1. The molecule has 0 unspecified atom stereocenters. The summed E-state index contributed by atoms with van der Waals surface area (Å²) in [5, 5.41) is 7.33. The van der Waals surface area contributed by atoms with Gasteiger partial charge in [0.1, 0.15) is 23.7 Å². The molecule has 3 aromatic heterocycles. The van der Waals surface area contributed by atoms with Crippen LogP contribution in [-0.4, -0.2) is 76.9 Å². The van der Waals surface area contributed by atoms with E-state index in [1.807, 2.05) is 20.8 Å². The Balaban J connectivity index is 1.72. The van der Waals surface area contributed by atoms with Gasteiger partial charge in [-0.25, -0.2) is 23.4 Å². The Bertz CT molecular complexity index is 1330. The van der Waals surface area contributed by atoms with Gasteiger partial charge in [-0.15, -0.1) is 10.2 Å². The minimum absolute atomic E-state index is 0.00177. The van der Waals surface area contributed by atoms with Gasteiger partial charge in [-0.1, -0.05) is 0 Å². The number of hydrogen-bond acceptors (Lipinski definition) is 11. The number of ether oxygens (including phenoxy) is 4. The van der Waals surface area contributed by atoms with E-state index in [1.165, 1.54) is 14.0 Å². The zero-order valence-corrected chi connectivity index (χ0v) is 22.4. The fourth-order valence-corrected chi connectivity index (χ4v) is 4.96. The van der Waals surface area contributed by atoms with Gasteiger partial charge in [0.15, 0.2) is 17.3 Å². The number of aryl methyl sites for hydroxylation is 1. The Labute approximate surface area is 215 Å². The highest BCUT2D eigenvalue weighted by molar-refractivity contribution is 7.93. The molecule has 0 aliphatic carbocycles. The lowest BCUT2D eigenvalue weighted by molar-refractivity contribution is 0.00152. The number of methoxy groups -OCH3 is 2. The Hall–Kier alpha value is -3.36. The van der Waals surface area contributed by atoms with Crippen LogP contribution in [0.5, 0.6) is 11.6 Å². The minimum atomic E-state index is -4.07. The van der Waals surface area contributed by atoms with E-state index < -0.39 is 27.4 Å². The minimum Gasteiger partial charge on any atom is -0.489 e. The molecule has 0 spiro atoms. The number of aromatic nitrogens is 6. The van der Waals surface area contributed by atoms with Crippen LogP contribution in [0.25, 0.3) is 11.5 Å². The maximum Gasteiger partial charge on any atom is 0.240 e. The lowest BCUT2D eigenvalue weighted by Crippen LogP contribution is -2.35. The van der Waals surface area contributed by atoms with Gasteiger partial charge in [0.25, 0.3) is 0 Å². The summed E-state index contributed by atoms with van der Waals surface area (Å²) in [6, 6.07) is 2.95. The number of pyridine rings is 1. The molecule has 37 heavy (non-hydrogen) atoms. The van der Waals surface area contributed by atoms with Crippen LogP contribution >= 0.6 is 0 Å². The van der Waals surface area contributed by atoms with E-state index in [0.29, 0.717) is 23.1 Å². The third-order valence-corrected chi connectivity index (χ3v) is 7.42. The van der Waals surface area contributed by atoms with Gasteiger partial charge < -0.3 is 18.9 Å². The van der Waals surface area contributed by atoms with Crippen LogP contribution in [0.4, 0.5) is 5.95 Å². The number of fused-ring (bicyclic) bond motifs is 3. The lowest BCUT2D eigenvalue weighted by atomic mass is 10.2. The van der Waals surface area contributed by atoms with Gasteiger partial charge in [0.05, 0.1) is 25.9 Å². The molecule has 0 bridgehead atoms. The van der Waals surface area contributed by atoms with Crippen molar-refractivity contribution >= 4 is 16.0 Å². The lowest BCUT2D eigenvalue weighted by Gasteiger charge is -2.26. The van der Waals surface area contributed by atoms with E-state index in [9.17, 15) is 8.42 Å². The number of nitrogens with zero attached hydrogens (tertiary/aromatic N) is 6. The van der Waals surface area contributed by atoms with E-state index >= 15 is 0 Å². The second-order valence-corrected chi connectivity index (χ2v) is 11.0. The first kappa shape index (κ1) is 26.7. The van der Waals surface area contributed by atoms with Gasteiger partial charge in [-0.05, 0) is 39.3 Å². The summed E-state index contributed by atoms with van der Waals surface area (Å²) >= 11 is 0. The van der Waals surface area contributed by atoms with Crippen LogP contribution in [-0.2, 0) is 19.5 Å². The van der Waals surface area contributed by atoms with Crippen LogP contribution in [0, 0.1) is 6.92 Å². The van der Waals surface area contributed by atoms with E-state index in [1.54, 1.807) is 36.2 Å². The molecule has 0 saturated carbocycles. The van der Waals surface area contributed by atoms with E-state index in [4.69, 9.17) is 18.9 Å². The molecule has 0 saturated heterocycles. The van der Waals surface area contributed by atoms with Gasteiger partial charge in [-0.3, -0.25) is 9.29 Å². The maximum absolute atomic E-state index is 13.6. The summed E-state index contributed by atoms with van der Waals surface area (Å²) in [6.45, 7) is 7.43. The fourth-order valence-electron chi connectivity index (χ4n) is 3.87. The number of anilines is 1. The van der Waals surface area contributed by atoms with Crippen LogP contribution in [0.2, 0.25) is 0 Å². The Morgan fingerprint density at radius 3 is 2.54 bits per heavy atom. The van der Waals surface area contributed by atoms with Crippen molar-refractivity contribution in [3.8, 4) is 23.1 Å². The van der Waals surface area contributed by atoms with E-state index in [-0.39, 0.29) is 31.1 Å². The summed E-state index contributed by atoms with van der Waals surface area (Å²) < 4.78 is 54.0. The highest BCUT2D eigenvalue weighted by atomic mass is 32.2. The molecule has 14 heteroatoms. The molecule has 4 heterocycles. The third kappa shape index (κ3) is 5.65. The van der Waals surface area contributed by atoms with Crippen molar-refractivity contribution in [1.29, 1.82) is 0 Å². The second-order valence-electron chi connectivity index (χ2n) is 8.91. The molecule has 13 nitrogen and oxygen atoms in total. The second kappa shape index (κ2) is 10.9. The van der Waals surface area contributed by atoms with E-state index in [2.05, 4.69) is 29.9 Å². The molecule has 200 valence electrons. The smallest absolute Gasteiger partial charge is 0.240 e. The highest BCUT2D eigenvalue weighted by Gasteiger charge is 2.37. The van der Waals surface area contributed by atoms with E-state index in [0.717, 1.165) is 5.56 Å². The van der Waals surface area contributed by atoms with Crippen LogP contribution in [0.3, 0.4) is 0 Å². The zero-order valence-electron chi connectivity index (χ0n) is 21.6. The molecule has 3 aromatic rings. The first-order valence-electron chi connectivity index (χ1n) is 11.7. The maximum atomic E-state index is 13.6. The standard InChI is InChI=1S/C23H31N7O6S/c1-13(2)36-20(21-24-9-14(3)10-25-21)15(4)37(31,32)29-23-28-27-22-19-17(7-8-18(26-19)34-6)35-12-16(11-33-5)30(22)23/h7-10,13,15-16,20H,11-12H2,1-6H3,(H,28,29)/t15-,16+,20+/m0/s1. The average Bonchev–Trinajstić information content (AvgIpc) is 3.20. The summed E-state index contributed by atoms with van der Waals surface area (Å²) in [5.41, 5.74) is 1.22. The van der Waals surface area contributed by atoms with Crippen molar-refractivity contribution in [2.75, 3.05) is 32.2 Å². The zero-order chi connectivity index (χ0) is 26.7. The highest BCUT2D eigenvalue weighted by Crippen LogP contribution is 2.36. The molecule has 1 N–H and O–H groups in total. The van der Waals surface area contributed by atoms with Crippen LogP contribution in [0.1, 0.15) is 44.3 Å². The van der Waals surface area contributed by atoms with Crippen molar-refractivity contribution in [2.45, 2.75) is 51.2 Å². The first-order chi connectivity index (χ1) is 17.6. The van der Waals surface area contributed by atoms with Crippen molar-refractivity contribution in [2.24, 2.45) is 0 Å². The molecule has 1 aliphatic rings. The van der Waals surface area contributed by atoms with Gasteiger partial charge >= 0.3 is 0 Å². The van der Waals surface area contributed by atoms with Gasteiger partial charge in [-0.2, -0.15) is 0 Å². The van der Waals surface area contributed by atoms with Crippen molar-refractivity contribution < 1.29 is 27.4 Å². The predicted octanol–water partition coefficient (Wildman–Crippen LogP) is 2.32. The largest absolute Gasteiger partial charge is 0.489 e. The summed E-state index contributed by atoms with van der Waals surface area (Å²) in [4.78, 5) is 13.1. The molecule has 0 radical (unpaired) electrons. The average molecular weight is 534 g/mol. The molecular weight excluding hydrogens is 502 g/mol. The van der Waals surface area contributed by atoms with Crippen LogP contribution < -0.4 is 14.2 Å². The SMILES string of the molecule is COC[C@@H]1COc2ccc(OC)nc2-c2nnc(NS(=O)(=O)[C@@H](C)[C@@H](OC(C)C)c3ncc(C)cn3)n21. The topological polar surface area (TPSA) is 152 Å². The number of hydrogen-bond donors (Lipinski definition) is 1. The normalized spacial score (nSPS) is 16.8. The molecule has 3 atom stereocenters. The first-order valence-corrected chi connectivity index (χ1v) is 13.3. The Morgan fingerprint density at radius 2 is 1.89 bits per heavy atom. The van der Waals surface area contributed by atoms with Gasteiger partial charge in [0.2, 0.25) is 21.9 Å². The molecule has 0 aromatic carbocycles. The van der Waals surface area contributed by atoms with Crippen molar-refractivity contribution in [3.05, 3.63) is 35.9 Å².